The molecular formula is C77H136O6. The molecule has 1 unspecified atom stereocenters. The van der Waals surface area contributed by atoms with Gasteiger partial charge in [0.25, 0.3) is 0 Å². The third-order valence-electron chi connectivity index (χ3n) is 15.8. The Bertz CT molecular complexity index is 1570. The van der Waals surface area contributed by atoms with Crippen LogP contribution in [0.5, 0.6) is 0 Å². The molecule has 0 aromatic heterocycles. The maximum atomic E-state index is 13.0. The van der Waals surface area contributed by atoms with Crippen molar-refractivity contribution in [2.24, 2.45) is 0 Å². The fourth-order valence-electron chi connectivity index (χ4n) is 10.4. The summed E-state index contributed by atoms with van der Waals surface area (Å²) in [5, 5.41) is 0. The Morgan fingerprint density at radius 3 is 0.711 bits per heavy atom. The first-order valence-corrected chi connectivity index (χ1v) is 36.1. The van der Waals surface area contributed by atoms with E-state index in [9.17, 15) is 14.4 Å². The Balaban J connectivity index is 4.35. The molecule has 0 aliphatic carbocycles. The highest BCUT2D eigenvalue weighted by Gasteiger charge is 2.19. The molecule has 0 radical (unpaired) electrons. The number of esters is 3. The highest BCUT2D eigenvalue weighted by Crippen LogP contribution is 2.17. The first-order chi connectivity index (χ1) is 41.0. The van der Waals surface area contributed by atoms with E-state index in [0.29, 0.717) is 19.3 Å². The molecule has 0 saturated heterocycles. The van der Waals surface area contributed by atoms with Crippen molar-refractivity contribution in [3.63, 3.8) is 0 Å². The maximum Gasteiger partial charge on any atom is 0.306 e. The number of ether oxygens (including phenoxy) is 3. The van der Waals surface area contributed by atoms with Gasteiger partial charge in [-0.2, -0.15) is 0 Å². The van der Waals surface area contributed by atoms with Crippen LogP contribution in [-0.2, 0) is 28.6 Å². The lowest BCUT2D eigenvalue weighted by Crippen LogP contribution is -2.30. The first-order valence-electron chi connectivity index (χ1n) is 36.1. The summed E-state index contributed by atoms with van der Waals surface area (Å²) in [6.45, 7) is 6.63. The maximum absolute atomic E-state index is 13.0. The second-order valence-electron chi connectivity index (χ2n) is 24.1. The van der Waals surface area contributed by atoms with E-state index in [1.54, 1.807) is 0 Å². The van der Waals surface area contributed by atoms with Crippen molar-refractivity contribution < 1.29 is 28.6 Å². The predicted octanol–water partition coefficient (Wildman–Crippen LogP) is 25.0. The minimum atomic E-state index is -0.788. The molecule has 0 fully saturated rings. The molecular weight excluding hydrogens is 1020 g/mol. The third-order valence-corrected chi connectivity index (χ3v) is 15.8. The minimum absolute atomic E-state index is 0.0814. The molecule has 83 heavy (non-hydrogen) atoms. The zero-order valence-corrected chi connectivity index (χ0v) is 55.2. The third kappa shape index (κ3) is 69.3. The van der Waals surface area contributed by atoms with Crippen LogP contribution in [0.1, 0.15) is 367 Å². The van der Waals surface area contributed by atoms with Gasteiger partial charge in [0.2, 0.25) is 0 Å². The lowest BCUT2D eigenvalue weighted by molar-refractivity contribution is -0.167. The summed E-state index contributed by atoms with van der Waals surface area (Å²) in [6, 6.07) is 0. The summed E-state index contributed by atoms with van der Waals surface area (Å²) in [5.41, 5.74) is 0. The van der Waals surface area contributed by atoms with Gasteiger partial charge >= 0.3 is 17.9 Å². The molecule has 0 spiro atoms. The van der Waals surface area contributed by atoms with Crippen LogP contribution in [0.4, 0.5) is 0 Å². The smallest absolute Gasteiger partial charge is 0.306 e. The van der Waals surface area contributed by atoms with Gasteiger partial charge < -0.3 is 14.2 Å². The topological polar surface area (TPSA) is 78.9 Å². The average molecular weight is 1160 g/mol. The van der Waals surface area contributed by atoms with Crippen LogP contribution in [0.3, 0.4) is 0 Å². The van der Waals surface area contributed by atoms with E-state index in [1.165, 1.54) is 231 Å². The van der Waals surface area contributed by atoms with Gasteiger partial charge in [-0.1, -0.05) is 311 Å². The molecule has 0 heterocycles. The van der Waals surface area contributed by atoms with Crippen molar-refractivity contribution >= 4 is 17.9 Å². The monoisotopic (exact) mass is 1160 g/mol. The summed E-state index contributed by atoms with van der Waals surface area (Å²) in [5.74, 6) is -0.879. The van der Waals surface area contributed by atoms with E-state index in [1.807, 2.05) is 0 Å². The van der Waals surface area contributed by atoms with E-state index in [-0.39, 0.29) is 31.1 Å². The summed E-state index contributed by atoms with van der Waals surface area (Å²) < 4.78 is 17.0. The van der Waals surface area contributed by atoms with Gasteiger partial charge in [-0.15, -0.1) is 0 Å². The van der Waals surface area contributed by atoms with Gasteiger partial charge in [-0.25, -0.2) is 0 Å². The van der Waals surface area contributed by atoms with Gasteiger partial charge in [-0.05, 0) is 122 Å². The van der Waals surface area contributed by atoms with Crippen LogP contribution in [-0.4, -0.2) is 37.2 Å². The SMILES string of the molecule is CCCCC/C=C\C/C=C\C/C=C\CCCCCCCCC(=O)OC(COC(=O)CCCCCCCCCCC/C=C\CCCCCCCC)COC(=O)CCCCCCCCCCCCCC/C=C\C/C=C\C/C=C\CCCCCCC. The highest BCUT2D eigenvalue weighted by atomic mass is 16.6. The van der Waals surface area contributed by atoms with Gasteiger partial charge in [-0.3, -0.25) is 14.4 Å². The Morgan fingerprint density at radius 1 is 0.241 bits per heavy atom. The Morgan fingerprint density at radius 2 is 0.434 bits per heavy atom. The standard InChI is InChI=1S/C77H136O6/c1-4-7-10-13-16-19-22-25-28-31-34-35-36-37-38-39-40-41-44-46-49-52-55-58-61-64-67-70-76(79)82-73-74(83-77(80)71-68-65-62-59-56-53-50-47-43-33-30-27-24-21-18-15-12-9-6-3)72-81-75(78)69-66-63-60-57-54-51-48-45-42-32-29-26-23-20-17-14-11-8-5-2/h18,21-22,25-27,29-31,34,36-37,43,47,74H,4-17,19-20,23-24,28,32-33,35,38-42,44-46,48-73H2,1-3H3/b21-18-,25-22-,29-26-,30-27-,34-31-,37-36-,47-43-. The molecule has 0 aromatic rings. The van der Waals surface area contributed by atoms with Crippen LogP contribution >= 0.6 is 0 Å². The molecule has 0 N–H and O–H groups in total. The lowest BCUT2D eigenvalue weighted by Gasteiger charge is -2.18. The molecule has 0 saturated carbocycles. The van der Waals surface area contributed by atoms with Gasteiger partial charge in [0, 0.05) is 19.3 Å². The molecule has 0 amide bonds. The summed E-state index contributed by atoms with van der Waals surface area (Å²) in [7, 11) is 0. The summed E-state index contributed by atoms with van der Waals surface area (Å²) in [4.78, 5) is 38.5. The summed E-state index contributed by atoms with van der Waals surface area (Å²) >= 11 is 0. The number of rotatable bonds is 66. The van der Waals surface area contributed by atoms with Crippen LogP contribution in [0.15, 0.2) is 85.1 Å². The van der Waals surface area contributed by atoms with E-state index < -0.39 is 6.10 Å². The van der Waals surface area contributed by atoms with Crippen LogP contribution < -0.4 is 0 Å². The second-order valence-corrected chi connectivity index (χ2v) is 24.1. The zero-order valence-electron chi connectivity index (χ0n) is 55.2. The lowest BCUT2D eigenvalue weighted by atomic mass is 10.0. The van der Waals surface area contributed by atoms with Crippen LogP contribution in [0, 0.1) is 0 Å². The zero-order chi connectivity index (χ0) is 59.9. The van der Waals surface area contributed by atoms with E-state index in [0.717, 1.165) is 96.3 Å². The Labute approximate surface area is 515 Å². The minimum Gasteiger partial charge on any atom is -0.462 e. The molecule has 1 atom stereocenters. The van der Waals surface area contributed by atoms with Gasteiger partial charge in [0.05, 0.1) is 0 Å². The normalized spacial score (nSPS) is 12.6. The largest absolute Gasteiger partial charge is 0.462 e. The molecule has 0 aliphatic rings. The van der Waals surface area contributed by atoms with Crippen molar-refractivity contribution in [3.05, 3.63) is 85.1 Å². The Kier molecular flexibility index (Phi) is 68.2. The van der Waals surface area contributed by atoms with Crippen molar-refractivity contribution in [1.29, 1.82) is 0 Å². The molecule has 0 rings (SSSR count). The summed E-state index contributed by atoms with van der Waals surface area (Å²) in [6.07, 6.45) is 94.6. The Hall–Kier alpha value is -3.41. The fraction of sp³-hybridized carbons (Fsp3) is 0.779. The van der Waals surface area contributed by atoms with Crippen LogP contribution in [0.2, 0.25) is 0 Å². The molecule has 0 aromatic carbocycles. The quantitative estimate of drug-likeness (QED) is 0.0261. The number of carbonyl (C=O) groups excluding carboxylic acids is 3. The van der Waals surface area contributed by atoms with E-state index in [4.69, 9.17) is 14.2 Å². The number of carbonyl (C=O) groups is 3. The van der Waals surface area contributed by atoms with Crippen LogP contribution in [0.25, 0.3) is 0 Å². The molecule has 6 nitrogen and oxygen atoms in total. The number of unbranched alkanes of at least 4 members (excludes halogenated alkanes) is 41. The average Bonchev–Trinajstić information content (AvgIpc) is 3.50. The number of allylic oxidation sites excluding steroid dienone is 14. The molecule has 0 bridgehead atoms. The number of hydrogen-bond acceptors (Lipinski definition) is 6. The van der Waals surface area contributed by atoms with Gasteiger partial charge in [0.15, 0.2) is 6.10 Å². The van der Waals surface area contributed by atoms with E-state index in [2.05, 4.69) is 106 Å². The van der Waals surface area contributed by atoms with Crippen molar-refractivity contribution in [2.75, 3.05) is 13.2 Å². The highest BCUT2D eigenvalue weighted by molar-refractivity contribution is 5.71. The van der Waals surface area contributed by atoms with Crippen molar-refractivity contribution in [3.8, 4) is 0 Å². The van der Waals surface area contributed by atoms with Gasteiger partial charge in [0.1, 0.15) is 13.2 Å². The van der Waals surface area contributed by atoms with Crippen molar-refractivity contribution in [2.45, 2.75) is 374 Å². The fourth-order valence-corrected chi connectivity index (χ4v) is 10.4. The van der Waals surface area contributed by atoms with Crippen molar-refractivity contribution in [1.82, 2.24) is 0 Å². The second kappa shape index (κ2) is 71.1. The molecule has 0 aliphatic heterocycles. The predicted molar refractivity (Wildman–Crippen MR) is 362 cm³/mol. The molecule has 6 heteroatoms. The molecule has 480 valence electrons. The van der Waals surface area contributed by atoms with E-state index >= 15 is 0 Å². The number of hydrogen-bond donors (Lipinski definition) is 0. The first kappa shape index (κ1) is 79.6.